The summed E-state index contributed by atoms with van der Waals surface area (Å²) in [5.41, 5.74) is 1.12. The maximum Gasteiger partial charge on any atom is 0.212 e. The largest absolute Gasteiger partial charge is 0.481 e. The third-order valence-electron chi connectivity index (χ3n) is 3.14. The van der Waals surface area contributed by atoms with E-state index in [0.29, 0.717) is 12.0 Å². The molecule has 1 atom stereocenters. The summed E-state index contributed by atoms with van der Waals surface area (Å²) in [6.45, 7) is 2.09. The fourth-order valence-electron chi connectivity index (χ4n) is 2.14. The second-order valence-corrected chi connectivity index (χ2v) is 4.32. The Labute approximate surface area is 96.8 Å². The third kappa shape index (κ3) is 2.73. The maximum absolute atomic E-state index is 5.99. The van der Waals surface area contributed by atoms with Crippen molar-refractivity contribution in [3.8, 4) is 5.88 Å². The van der Waals surface area contributed by atoms with Crippen LogP contribution in [0.3, 0.4) is 0 Å². The zero-order valence-corrected chi connectivity index (χ0v) is 9.98. The van der Waals surface area contributed by atoms with Gasteiger partial charge in [0.15, 0.2) is 0 Å². The molecule has 2 rings (SSSR count). The zero-order chi connectivity index (χ0) is 11.4. The summed E-state index contributed by atoms with van der Waals surface area (Å²) in [5.74, 6) is 0.650. The Balaban J connectivity index is 1.94. The van der Waals surface area contributed by atoms with Gasteiger partial charge in [0.2, 0.25) is 5.88 Å². The summed E-state index contributed by atoms with van der Waals surface area (Å²) < 4.78 is 11.0. The summed E-state index contributed by atoms with van der Waals surface area (Å²) in [4.78, 5) is 4.19. The second kappa shape index (κ2) is 5.30. The van der Waals surface area contributed by atoms with E-state index < -0.39 is 0 Å². The Morgan fingerprint density at radius 2 is 2.06 bits per heavy atom. The molecule has 0 amide bonds. The van der Waals surface area contributed by atoms with Gasteiger partial charge in [-0.1, -0.05) is 12.8 Å². The van der Waals surface area contributed by atoms with Gasteiger partial charge >= 0.3 is 0 Å². The van der Waals surface area contributed by atoms with Crippen molar-refractivity contribution in [2.45, 2.75) is 44.8 Å². The van der Waals surface area contributed by atoms with Crippen molar-refractivity contribution in [3.05, 3.63) is 23.9 Å². The molecule has 0 spiro atoms. The molecule has 1 aromatic heterocycles. The lowest BCUT2D eigenvalue weighted by atomic mass is 10.2. The highest BCUT2D eigenvalue weighted by Crippen LogP contribution is 2.27. The minimum Gasteiger partial charge on any atom is -0.481 e. The fourth-order valence-corrected chi connectivity index (χ4v) is 2.14. The summed E-state index contributed by atoms with van der Waals surface area (Å²) in [5, 5.41) is 0. The van der Waals surface area contributed by atoms with Gasteiger partial charge in [-0.2, -0.15) is 0 Å². The van der Waals surface area contributed by atoms with Crippen molar-refractivity contribution in [1.29, 1.82) is 0 Å². The van der Waals surface area contributed by atoms with Gasteiger partial charge in [0.05, 0.1) is 19.3 Å². The average Bonchev–Trinajstić information content (AvgIpc) is 2.82. The summed E-state index contributed by atoms with van der Waals surface area (Å²) in [6.07, 6.45) is 7.41. The van der Waals surface area contributed by atoms with Gasteiger partial charge in [0.1, 0.15) is 0 Å². The van der Waals surface area contributed by atoms with Gasteiger partial charge < -0.3 is 9.47 Å². The monoisotopic (exact) mass is 221 g/mol. The molecule has 0 radical (unpaired) electrons. The van der Waals surface area contributed by atoms with Crippen LogP contribution in [0.15, 0.2) is 18.3 Å². The number of ether oxygens (including phenoxy) is 2. The standard InChI is InChI=1S/C13H19NO2/c1-10(16-12-5-3-4-6-12)11-7-8-13(15-2)14-9-11/h7-10,12H,3-6H2,1-2H3. The topological polar surface area (TPSA) is 31.4 Å². The molecule has 1 heterocycles. The van der Waals surface area contributed by atoms with Crippen LogP contribution in [0.4, 0.5) is 0 Å². The molecule has 0 aromatic carbocycles. The Bertz CT molecular complexity index is 317. The quantitative estimate of drug-likeness (QED) is 0.782. The van der Waals surface area contributed by atoms with Crippen LogP contribution in [-0.4, -0.2) is 18.2 Å². The maximum atomic E-state index is 5.99. The smallest absolute Gasteiger partial charge is 0.212 e. The predicted molar refractivity (Wildman–Crippen MR) is 62.5 cm³/mol. The molecule has 1 aliphatic rings. The van der Waals surface area contributed by atoms with Crippen molar-refractivity contribution in [1.82, 2.24) is 4.98 Å². The van der Waals surface area contributed by atoms with Gasteiger partial charge in [0.25, 0.3) is 0 Å². The van der Waals surface area contributed by atoms with Crippen molar-refractivity contribution in [2.24, 2.45) is 0 Å². The predicted octanol–water partition coefficient (Wildman–Crippen LogP) is 3.11. The molecule has 3 heteroatoms. The molecule has 88 valence electrons. The molecule has 1 unspecified atom stereocenters. The number of nitrogens with zero attached hydrogens (tertiary/aromatic N) is 1. The Kier molecular flexibility index (Phi) is 3.78. The molecule has 1 aliphatic carbocycles. The van der Waals surface area contributed by atoms with Crippen LogP contribution in [0.2, 0.25) is 0 Å². The lowest BCUT2D eigenvalue weighted by Gasteiger charge is -2.18. The minimum absolute atomic E-state index is 0.126. The first-order chi connectivity index (χ1) is 7.79. The first-order valence-electron chi connectivity index (χ1n) is 5.95. The molecular weight excluding hydrogens is 202 g/mol. The average molecular weight is 221 g/mol. The van der Waals surface area contributed by atoms with E-state index in [1.165, 1.54) is 25.7 Å². The summed E-state index contributed by atoms with van der Waals surface area (Å²) >= 11 is 0. The van der Waals surface area contributed by atoms with Gasteiger partial charge in [0, 0.05) is 12.3 Å². The number of hydrogen-bond acceptors (Lipinski definition) is 3. The highest BCUT2D eigenvalue weighted by Gasteiger charge is 2.19. The Hall–Kier alpha value is -1.09. The van der Waals surface area contributed by atoms with E-state index in [-0.39, 0.29) is 6.10 Å². The number of rotatable bonds is 4. The number of methoxy groups -OCH3 is 1. The van der Waals surface area contributed by atoms with E-state index in [1.54, 1.807) is 7.11 Å². The molecule has 0 saturated heterocycles. The Morgan fingerprint density at radius 1 is 1.31 bits per heavy atom. The SMILES string of the molecule is COc1ccc(C(C)OC2CCCC2)cn1. The van der Waals surface area contributed by atoms with Gasteiger partial charge in [-0.15, -0.1) is 0 Å². The van der Waals surface area contributed by atoms with Gasteiger partial charge in [-0.05, 0) is 31.4 Å². The van der Waals surface area contributed by atoms with Crippen molar-refractivity contribution >= 4 is 0 Å². The molecule has 0 aliphatic heterocycles. The number of aromatic nitrogens is 1. The Morgan fingerprint density at radius 3 is 2.62 bits per heavy atom. The van der Waals surface area contributed by atoms with Crippen LogP contribution >= 0.6 is 0 Å². The fraction of sp³-hybridized carbons (Fsp3) is 0.615. The molecule has 1 fully saturated rings. The first kappa shape index (κ1) is 11.4. The van der Waals surface area contributed by atoms with E-state index in [1.807, 2.05) is 18.3 Å². The highest BCUT2D eigenvalue weighted by atomic mass is 16.5. The summed E-state index contributed by atoms with van der Waals surface area (Å²) in [6, 6.07) is 3.90. The van der Waals surface area contributed by atoms with Crippen LogP contribution in [0, 0.1) is 0 Å². The summed E-state index contributed by atoms with van der Waals surface area (Å²) in [7, 11) is 1.63. The lowest BCUT2D eigenvalue weighted by molar-refractivity contribution is 0.000827. The number of pyridine rings is 1. The van der Waals surface area contributed by atoms with E-state index in [9.17, 15) is 0 Å². The van der Waals surface area contributed by atoms with Crippen LogP contribution in [-0.2, 0) is 4.74 Å². The lowest BCUT2D eigenvalue weighted by Crippen LogP contribution is -2.11. The van der Waals surface area contributed by atoms with Gasteiger partial charge in [-0.25, -0.2) is 4.98 Å². The van der Waals surface area contributed by atoms with Crippen molar-refractivity contribution in [2.75, 3.05) is 7.11 Å². The van der Waals surface area contributed by atoms with E-state index >= 15 is 0 Å². The van der Waals surface area contributed by atoms with Crippen LogP contribution in [0.5, 0.6) is 5.88 Å². The number of hydrogen-bond donors (Lipinski definition) is 0. The van der Waals surface area contributed by atoms with E-state index in [0.717, 1.165) is 5.56 Å². The molecule has 1 aromatic rings. The minimum atomic E-state index is 0.126. The van der Waals surface area contributed by atoms with E-state index in [2.05, 4.69) is 11.9 Å². The van der Waals surface area contributed by atoms with E-state index in [4.69, 9.17) is 9.47 Å². The van der Waals surface area contributed by atoms with Crippen LogP contribution in [0.1, 0.15) is 44.3 Å². The molecular formula is C13H19NO2. The molecule has 0 N–H and O–H groups in total. The molecule has 0 bridgehead atoms. The molecule has 1 saturated carbocycles. The molecule has 16 heavy (non-hydrogen) atoms. The van der Waals surface area contributed by atoms with Crippen molar-refractivity contribution < 1.29 is 9.47 Å². The third-order valence-corrected chi connectivity index (χ3v) is 3.14. The zero-order valence-electron chi connectivity index (χ0n) is 9.98. The van der Waals surface area contributed by atoms with Crippen molar-refractivity contribution in [3.63, 3.8) is 0 Å². The second-order valence-electron chi connectivity index (χ2n) is 4.32. The highest BCUT2D eigenvalue weighted by molar-refractivity contribution is 5.19. The molecule has 3 nitrogen and oxygen atoms in total. The van der Waals surface area contributed by atoms with Gasteiger partial charge in [-0.3, -0.25) is 0 Å². The first-order valence-corrected chi connectivity index (χ1v) is 5.95. The normalized spacial score (nSPS) is 18.6. The van der Waals surface area contributed by atoms with Crippen LogP contribution in [0.25, 0.3) is 0 Å². The van der Waals surface area contributed by atoms with Crippen LogP contribution < -0.4 is 4.74 Å².